The molecule has 2 aromatic carbocycles. The number of benzene rings is 2. The van der Waals surface area contributed by atoms with Crippen LogP contribution in [-0.2, 0) is 12.8 Å². The molecule has 0 aliphatic carbocycles. The van der Waals surface area contributed by atoms with Crippen LogP contribution in [0.15, 0.2) is 60.7 Å². The summed E-state index contributed by atoms with van der Waals surface area (Å²) < 4.78 is 0. The fraction of sp³-hybridized carbons (Fsp3) is 0.294. The highest BCUT2D eigenvalue weighted by Gasteiger charge is 2.08. The van der Waals surface area contributed by atoms with Gasteiger partial charge in [-0.1, -0.05) is 60.7 Å². The van der Waals surface area contributed by atoms with E-state index in [9.17, 15) is 5.11 Å². The zero-order valence-electron chi connectivity index (χ0n) is 10.6. The number of aliphatic hydroxyl groups excluding tert-OH is 1. The van der Waals surface area contributed by atoms with Gasteiger partial charge in [-0.05, 0) is 36.3 Å². The van der Waals surface area contributed by atoms with Crippen LogP contribution < -0.4 is 0 Å². The van der Waals surface area contributed by atoms with Gasteiger partial charge in [0.25, 0.3) is 0 Å². The number of rotatable bonds is 6. The van der Waals surface area contributed by atoms with E-state index in [1.165, 1.54) is 11.1 Å². The molecule has 18 heavy (non-hydrogen) atoms. The Morgan fingerprint density at radius 1 is 0.778 bits per heavy atom. The van der Waals surface area contributed by atoms with E-state index >= 15 is 0 Å². The molecule has 1 nitrogen and oxygen atoms in total. The molecule has 2 aromatic rings. The molecule has 0 heterocycles. The van der Waals surface area contributed by atoms with Gasteiger partial charge in [-0.3, -0.25) is 0 Å². The summed E-state index contributed by atoms with van der Waals surface area (Å²) in [6, 6.07) is 20.9. The summed E-state index contributed by atoms with van der Waals surface area (Å²) in [6.07, 6.45) is 3.04. The van der Waals surface area contributed by atoms with Gasteiger partial charge in [-0.2, -0.15) is 0 Å². The van der Waals surface area contributed by atoms with Crippen molar-refractivity contribution in [3.8, 4) is 0 Å². The molecule has 0 spiro atoms. The van der Waals surface area contributed by atoms with Crippen molar-refractivity contribution in [1.29, 1.82) is 0 Å². The van der Waals surface area contributed by atoms with Gasteiger partial charge in [0.05, 0.1) is 0 Å². The van der Waals surface area contributed by atoms with E-state index in [-0.39, 0.29) is 6.61 Å². The topological polar surface area (TPSA) is 20.2 Å². The average molecular weight is 240 g/mol. The van der Waals surface area contributed by atoms with E-state index in [1.54, 1.807) is 0 Å². The molecular formula is C17H20O. The van der Waals surface area contributed by atoms with Crippen molar-refractivity contribution in [3.63, 3.8) is 0 Å². The Labute approximate surface area is 109 Å². The van der Waals surface area contributed by atoms with Crippen LogP contribution in [0.4, 0.5) is 0 Å². The lowest BCUT2D eigenvalue weighted by atomic mass is 9.93. The van der Waals surface area contributed by atoms with Gasteiger partial charge in [0.1, 0.15) is 0 Å². The van der Waals surface area contributed by atoms with Crippen LogP contribution in [0.3, 0.4) is 0 Å². The standard InChI is InChI=1S/C17H20O/c18-14-17(13-16-9-5-2-6-10-16)12-11-15-7-3-1-4-8-15/h1-10,17-18H,11-14H2/t17-/m1/s1. The summed E-state index contributed by atoms with van der Waals surface area (Å²) in [5.74, 6) is 0.354. The highest BCUT2D eigenvalue weighted by molar-refractivity contribution is 5.16. The van der Waals surface area contributed by atoms with Crippen LogP contribution in [0.2, 0.25) is 0 Å². The van der Waals surface area contributed by atoms with Crippen LogP contribution in [0, 0.1) is 5.92 Å². The Hall–Kier alpha value is -1.60. The normalized spacial score (nSPS) is 12.3. The molecule has 0 fully saturated rings. The third-order valence-electron chi connectivity index (χ3n) is 3.31. The Morgan fingerprint density at radius 2 is 1.33 bits per heavy atom. The second-order valence-electron chi connectivity index (χ2n) is 4.76. The first-order valence-electron chi connectivity index (χ1n) is 6.57. The second-order valence-corrected chi connectivity index (χ2v) is 4.76. The van der Waals surface area contributed by atoms with Gasteiger partial charge in [0, 0.05) is 6.61 Å². The molecule has 0 saturated heterocycles. The molecule has 1 N–H and O–H groups in total. The van der Waals surface area contributed by atoms with Gasteiger partial charge in [-0.15, -0.1) is 0 Å². The number of hydrogen-bond acceptors (Lipinski definition) is 1. The Kier molecular flexibility index (Phi) is 4.98. The lowest BCUT2D eigenvalue weighted by Crippen LogP contribution is -2.10. The van der Waals surface area contributed by atoms with Crippen LogP contribution in [0.1, 0.15) is 17.5 Å². The lowest BCUT2D eigenvalue weighted by Gasteiger charge is -2.14. The maximum atomic E-state index is 9.47. The van der Waals surface area contributed by atoms with Crippen LogP contribution in [0.25, 0.3) is 0 Å². The minimum atomic E-state index is 0.266. The fourth-order valence-electron chi connectivity index (χ4n) is 2.22. The lowest BCUT2D eigenvalue weighted by molar-refractivity contribution is 0.218. The zero-order valence-corrected chi connectivity index (χ0v) is 10.6. The first-order chi connectivity index (χ1) is 8.88. The molecule has 0 saturated carbocycles. The summed E-state index contributed by atoms with van der Waals surface area (Å²) in [7, 11) is 0. The highest BCUT2D eigenvalue weighted by Crippen LogP contribution is 2.15. The van der Waals surface area contributed by atoms with Crippen molar-refractivity contribution in [1.82, 2.24) is 0 Å². The van der Waals surface area contributed by atoms with Crippen molar-refractivity contribution in [3.05, 3.63) is 71.8 Å². The molecule has 0 radical (unpaired) electrons. The van der Waals surface area contributed by atoms with Crippen molar-refractivity contribution in [2.75, 3.05) is 6.61 Å². The molecular weight excluding hydrogens is 220 g/mol. The molecule has 0 aromatic heterocycles. The molecule has 1 atom stereocenters. The summed E-state index contributed by atoms with van der Waals surface area (Å²) in [4.78, 5) is 0. The zero-order chi connectivity index (χ0) is 12.6. The Bertz CT molecular complexity index is 436. The SMILES string of the molecule is OC[C@H](CCc1ccccc1)Cc1ccccc1. The molecule has 0 aliphatic rings. The predicted molar refractivity (Wildman–Crippen MR) is 75.5 cm³/mol. The summed E-state index contributed by atoms with van der Waals surface area (Å²) in [5, 5.41) is 9.47. The monoisotopic (exact) mass is 240 g/mol. The van der Waals surface area contributed by atoms with Gasteiger partial charge in [0.2, 0.25) is 0 Å². The average Bonchev–Trinajstić information content (AvgIpc) is 2.45. The van der Waals surface area contributed by atoms with Gasteiger partial charge < -0.3 is 5.11 Å². The molecule has 0 aliphatic heterocycles. The number of hydrogen-bond donors (Lipinski definition) is 1. The molecule has 0 amide bonds. The molecule has 0 bridgehead atoms. The van der Waals surface area contributed by atoms with E-state index in [0.29, 0.717) is 5.92 Å². The summed E-state index contributed by atoms with van der Waals surface area (Å²) in [5.41, 5.74) is 2.66. The van der Waals surface area contributed by atoms with Crippen molar-refractivity contribution < 1.29 is 5.11 Å². The molecule has 94 valence electrons. The van der Waals surface area contributed by atoms with Crippen LogP contribution in [0.5, 0.6) is 0 Å². The Morgan fingerprint density at radius 3 is 1.89 bits per heavy atom. The minimum absolute atomic E-state index is 0.266. The molecule has 2 rings (SSSR count). The first-order valence-corrected chi connectivity index (χ1v) is 6.57. The quantitative estimate of drug-likeness (QED) is 0.819. The minimum Gasteiger partial charge on any atom is -0.396 e. The molecule has 0 unspecified atom stereocenters. The fourth-order valence-corrected chi connectivity index (χ4v) is 2.22. The van der Waals surface area contributed by atoms with Crippen molar-refractivity contribution in [2.24, 2.45) is 5.92 Å². The van der Waals surface area contributed by atoms with E-state index in [0.717, 1.165) is 19.3 Å². The number of aryl methyl sites for hydroxylation is 1. The predicted octanol–water partition coefficient (Wildman–Crippen LogP) is 3.47. The van der Waals surface area contributed by atoms with E-state index in [2.05, 4.69) is 48.5 Å². The highest BCUT2D eigenvalue weighted by atomic mass is 16.3. The Balaban J connectivity index is 1.86. The maximum absolute atomic E-state index is 9.47. The van der Waals surface area contributed by atoms with E-state index in [1.807, 2.05) is 12.1 Å². The van der Waals surface area contributed by atoms with Crippen molar-refractivity contribution in [2.45, 2.75) is 19.3 Å². The summed E-state index contributed by atoms with van der Waals surface area (Å²) >= 11 is 0. The third kappa shape index (κ3) is 4.01. The maximum Gasteiger partial charge on any atom is 0.0462 e. The third-order valence-corrected chi connectivity index (χ3v) is 3.31. The first kappa shape index (κ1) is 12.8. The van der Waals surface area contributed by atoms with Crippen molar-refractivity contribution >= 4 is 0 Å². The van der Waals surface area contributed by atoms with Crippen LogP contribution in [-0.4, -0.2) is 11.7 Å². The van der Waals surface area contributed by atoms with Gasteiger partial charge in [0.15, 0.2) is 0 Å². The van der Waals surface area contributed by atoms with E-state index in [4.69, 9.17) is 0 Å². The smallest absolute Gasteiger partial charge is 0.0462 e. The van der Waals surface area contributed by atoms with Crippen LogP contribution >= 0.6 is 0 Å². The molecule has 1 heteroatoms. The van der Waals surface area contributed by atoms with Gasteiger partial charge >= 0.3 is 0 Å². The number of aliphatic hydroxyl groups is 1. The largest absolute Gasteiger partial charge is 0.396 e. The summed E-state index contributed by atoms with van der Waals surface area (Å²) in [6.45, 7) is 0.266. The second kappa shape index (κ2) is 6.97. The van der Waals surface area contributed by atoms with E-state index < -0.39 is 0 Å². The van der Waals surface area contributed by atoms with Gasteiger partial charge in [-0.25, -0.2) is 0 Å².